The summed E-state index contributed by atoms with van der Waals surface area (Å²) in [5.41, 5.74) is 1.11. The molecule has 0 aliphatic heterocycles. The Morgan fingerprint density at radius 2 is 1.94 bits per heavy atom. The first-order chi connectivity index (χ1) is 8.69. The van der Waals surface area contributed by atoms with Crippen molar-refractivity contribution in [2.45, 2.75) is 26.4 Å². The number of ether oxygens (including phenoxy) is 2. The van der Waals surface area contributed by atoms with E-state index in [1.54, 1.807) is 7.11 Å². The van der Waals surface area contributed by atoms with E-state index in [2.05, 4.69) is 25.2 Å². The van der Waals surface area contributed by atoms with Gasteiger partial charge in [0.05, 0.1) is 13.2 Å². The summed E-state index contributed by atoms with van der Waals surface area (Å²) < 4.78 is 11.4. The zero-order valence-corrected chi connectivity index (χ0v) is 11.9. The van der Waals surface area contributed by atoms with Crippen LogP contribution in [0.5, 0.6) is 5.75 Å². The van der Waals surface area contributed by atoms with Crippen LogP contribution in [0.2, 0.25) is 0 Å². The third kappa shape index (κ3) is 4.67. The number of para-hydroxylation sites is 1. The van der Waals surface area contributed by atoms with Gasteiger partial charge in [-0.05, 0) is 25.5 Å². The summed E-state index contributed by atoms with van der Waals surface area (Å²) in [5, 5.41) is 3.18. The Kier molecular flexibility index (Phi) is 6.76. The lowest BCUT2D eigenvalue weighted by molar-refractivity contribution is 0.0455. The van der Waals surface area contributed by atoms with Crippen LogP contribution < -0.4 is 10.1 Å². The average Bonchev–Trinajstić information content (AvgIpc) is 2.37. The fourth-order valence-corrected chi connectivity index (χ4v) is 1.82. The van der Waals surface area contributed by atoms with E-state index >= 15 is 0 Å². The molecule has 0 saturated carbocycles. The van der Waals surface area contributed by atoms with Gasteiger partial charge in [-0.15, -0.1) is 0 Å². The van der Waals surface area contributed by atoms with Gasteiger partial charge >= 0.3 is 0 Å². The summed E-state index contributed by atoms with van der Waals surface area (Å²) in [7, 11) is 3.64. The van der Waals surface area contributed by atoms with Gasteiger partial charge in [-0.25, -0.2) is 0 Å². The molecular weight excluding hydrogens is 226 g/mol. The second-order valence-corrected chi connectivity index (χ2v) is 4.84. The number of hydrogen-bond donors (Lipinski definition) is 1. The van der Waals surface area contributed by atoms with Crippen LogP contribution >= 0.6 is 0 Å². The minimum absolute atomic E-state index is 0.0462. The number of hydrogen-bond acceptors (Lipinski definition) is 3. The number of rotatable bonds is 8. The van der Waals surface area contributed by atoms with Gasteiger partial charge in [-0.2, -0.15) is 0 Å². The van der Waals surface area contributed by atoms with Crippen LogP contribution in [0.4, 0.5) is 0 Å². The highest BCUT2D eigenvalue weighted by Crippen LogP contribution is 2.27. The van der Waals surface area contributed by atoms with E-state index in [9.17, 15) is 0 Å². The third-order valence-corrected chi connectivity index (χ3v) is 2.89. The molecule has 0 bridgehead atoms. The first kappa shape index (κ1) is 15.0. The van der Waals surface area contributed by atoms with E-state index in [0.717, 1.165) is 30.9 Å². The van der Waals surface area contributed by atoms with Crippen molar-refractivity contribution in [1.29, 1.82) is 0 Å². The summed E-state index contributed by atoms with van der Waals surface area (Å²) in [4.78, 5) is 0. The van der Waals surface area contributed by atoms with Crippen LogP contribution in [0.3, 0.4) is 0 Å². The predicted molar refractivity (Wildman–Crippen MR) is 75.1 cm³/mol. The predicted octanol–water partition coefficient (Wildman–Crippen LogP) is 3.02. The number of methoxy groups -OCH3 is 1. The lowest BCUT2D eigenvalue weighted by Gasteiger charge is -2.20. The van der Waals surface area contributed by atoms with Crippen molar-refractivity contribution >= 4 is 0 Å². The maximum Gasteiger partial charge on any atom is 0.124 e. The maximum absolute atomic E-state index is 5.98. The molecule has 3 nitrogen and oxygen atoms in total. The number of benzene rings is 1. The SMILES string of the molecule is CNCC(OCCC(C)C)c1ccccc1OC. The van der Waals surface area contributed by atoms with Gasteiger partial charge in [0, 0.05) is 18.7 Å². The zero-order chi connectivity index (χ0) is 13.4. The van der Waals surface area contributed by atoms with Gasteiger partial charge in [-0.3, -0.25) is 0 Å². The standard InChI is InChI=1S/C15H25NO2/c1-12(2)9-10-18-15(11-16-3)13-7-5-6-8-14(13)17-4/h5-8,12,15-16H,9-11H2,1-4H3. The van der Waals surface area contributed by atoms with E-state index < -0.39 is 0 Å². The summed E-state index contributed by atoms with van der Waals surface area (Å²) in [6, 6.07) is 8.04. The topological polar surface area (TPSA) is 30.5 Å². The summed E-state index contributed by atoms with van der Waals surface area (Å²) >= 11 is 0. The minimum Gasteiger partial charge on any atom is -0.496 e. The van der Waals surface area contributed by atoms with Crippen LogP contribution in [0.15, 0.2) is 24.3 Å². The molecule has 1 rings (SSSR count). The fraction of sp³-hybridized carbons (Fsp3) is 0.600. The molecule has 0 heterocycles. The largest absolute Gasteiger partial charge is 0.496 e. The Hall–Kier alpha value is -1.06. The molecule has 1 aromatic rings. The Labute approximate surface area is 110 Å². The zero-order valence-electron chi connectivity index (χ0n) is 11.9. The summed E-state index contributed by atoms with van der Waals surface area (Å²) in [6.07, 6.45) is 1.12. The van der Waals surface area contributed by atoms with E-state index in [1.807, 2.05) is 25.2 Å². The third-order valence-electron chi connectivity index (χ3n) is 2.89. The van der Waals surface area contributed by atoms with Crippen molar-refractivity contribution in [2.24, 2.45) is 5.92 Å². The molecule has 1 atom stereocenters. The highest BCUT2D eigenvalue weighted by molar-refractivity contribution is 5.35. The van der Waals surface area contributed by atoms with Crippen LogP contribution in [-0.2, 0) is 4.74 Å². The highest BCUT2D eigenvalue weighted by atomic mass is 16.5. The second-order valence-electron chi connectivity index (χ2n) is 4.84. The van der Waals surface area contributed by atoms with Gasteiger partial charge < -0.3 is 14.8 Å². The molecule has 0 amide bonds. The van der Waals surface area contributed by atoms with Gasteiger partial charge in [0.25, 0.3) is 0 Å². The second kappa shape index (κ2) is 8.11. The molecule has 0 aliphatic rings. The van der Waals surface area contributed by atoms with Crippen molar-refractivity contribution < 1.29 is 9.47 Å². The average molecular weight is 251 g/mol. The normalized spacial score (nSPS) is 12.7. The van der Waals surface area contributed by atoms with Crippen molar-refractivity contribution in [1.82, 2.24) is 5.32 Å². The molecule has 0 spiro atoms. The number of likely N-dealkylation sites (N-methyl/N-ethyl adjacent to an activating group) is 1. The Balaban J connectivity index is 2.70. The Morgan fingerprint density at radius 3 is 2.56 bits per heavy atom. The first-order valence-corrected chi connectivity index (χ1v) is 6.58. The number of nitrogens with one attached hydrogen (secondary N) is 1. The summed E-state index contributed by atoms with van der Waals surface area (Å²) in [6.45, 7) is 5.99. The van der Waals surface area contributed by atoms with Crippen molar-refractivity contribution in [3.63, 3.8) is 0 Å². The molecule has 3 heteroatoms. The van der Waals surface area contributed by atoms with E-state index in [0.29, 0.717) is 5.92 Å². The van der Waals surface area contributed by atoms with Gasteiger partial charge in [0.15, 0.2) is 0 Å². The molecule has 102 valence electrons. The molecule has 1 unspecified atom stereocenters. The van der Waals surface area contributed by atoms with Gasteiger partial charge in [-0.1, -0.05) is 32.0 Å². The minimum atomic E-state index is 0.0462. The summed E-state index contributed by atoms with van der Waals surface area (Å²) in [5.74, 6) is 1.56. The van der Waals surface area contributed by atoms with E-state index in [-0.39, 0.29) is 6.10 Å². The molecule has 18 heavy (non-hydrogen) atoms. The highest BCUT2D eigenvalue weighted by Gasteiger charge is 2.15. The smallest absolute Gasteiger partial charge is 0.124 e. The van der Waals surface area contributed by atoms with Crippen LogP contribution in [0.1, 0.15) is 31.9 Å². The Bertz CT molecular complexity index is 339. The molecule has 0 fully saturated rings. The Morgan fingerprint density at radius 1 is 1.22 bits per heavy atom. The molecule has 0 aliphatic carbocycles. The fourth-order valence-electron chi connectivity index (χ4n) is 1.82. The van der Waals surface area contributed by atoms with Crippen LogP contribution in [0.25, 0.3) is 0 Å². The monoisotopic (exact) mass is 251 g/mol. The molecule has 1 aromatic carbocycles. The van der Waals surface area contributed by atoms with Gasteiger partial charge in [0.2, 0.25) is 0 Å². The van der Waals surface area contributed by atoms with E-state index in [4.69, 9.17) is 9.47 Å². The molecule has 0 radical (unpaired) electrons. The lowest BCUT2D eigenvalue weighted by Crippen LogP contribution is -2.21. The lowest BCUT2D eigenvalue weighted by atomic mass is 10.1. The van der Waals surface area contributed by atoms with Crippen LogP contribution in [-0.4, -0.2) is 27.3 Å². The van der Waals surface area contributed by atoms with E-state index in [1.165, 1.54) is 0 Å². The molecule has 1 N–H and O–H groups in total. The first-order valence-electron chi connectivity index (χ1n) is 6.58. The van der Waals surface area contributed by atoms with Gasteiger partial charge in [0.1, 0.15) is 5.75 Å². The maximum atomic E-state index is 5.98. The molecule has 0 aromatic heterocycles. The molecule has 0 saturated heterocycles. The molecular formula is C15H25NO2. The van der Waals surface area contributed by atoms with Crippen molar-refractivity contribution in [3.05, 3.63) is 29.8 Å². The van der Waals surface area contributed by atoms with Crippen molar-refractivity contribution in [2.75, 3.05) is 27.3 Å². The quantitative estimate of drug-likeness (QED) is 0.770. The van der Waals surface area contributed by atoms with Crippen molar-refractivity contribution in [3.8, 4) is 5.75 Å². The van der Waals surface area contributed by atoms with Crippen LogP contribution in [0, 0.1) is 5.92 Å².